The van der Waals surface area contributed by atoms with E-state index >= 15 is 0 Å². The number of ether oxygens (including phenoxy) is 1. The highest BCUT2D eigenvalue weighted by molar-refractivity contribution is 5.76. The van der Waals surface area contributed by atoms with Crippen LogP contribution in [0.2, 0.25) is 0 Å². The molecule has 1 aliphatic heterocycles. The van der Waals surface area contributed by atoms with Crippen LogP contribution >= 0.6 is 0 Å². The van der Waals surface area contributed by atoms with Crippen LogP contribution in [0.4, 0.5) is 11.5 Å². The fourth-order valence-electron chi connectivity index (χ4n) is 3.54. The smallest absolute Gasteiger partial charge is 0.325 e. The number of carboxylic acid groups (broad SMARTS) is 1. The number of nitrogens with zero attached hydrogens (tertiary/aromatic N) is 3. The third-order valence-electron chi connectivity index (χ3n) is 4.52. The van der Waals surface area contributed by atoms with E-state index in [4.69, 9.17) is 9.84 Å². The molecule has 2 aromatic rings. The van der Waals surface area contributed by atoms with Crippen LogP contribution < -0.4 is 9.64 Å². The van der Waals surface area contributed by atoms with E-state index in [0.717, 1.165) is 30.1 Å². The predicted octanol–water partition coefficient (Wildman–Crippen LogP) is 3.54. The quantitative estimate of drug-likeness (QED) is 0.938. The Morgan fingerprint density at radius 1 is 1.22 bits per heavy atom. The molecule has 120 valence electrons. The van der Waals surface area contributed by atoms with E-state index in [2.05, 4.69) is 10.00 Å². The van der Waals surface area contributed by atoms with Crippen LogP contribution in [0.3, 0.4) is 0 Å². The van der Waals surface area contributed by atoms with Crippen LogP contribution in [0, 0.1) is 0 Å². The van der Waals surface area contributed by atoms with Crippen LogP contribution in [0.5, 0.6) is 11.5 Å². The molecule has 23 heavy (non-hydrogen) atoms. The molecule has 6 nitrogen and oxygen atoms in total. The van der Waals surface area contributed by atoms with Crippen LogP contribution in [0.1, 0.15) is 32.1 Å². The van der Waals surface area contributed by atoms with Crippen molar-refractivity contribution >= 4 is 17.5 Å². The van der Waals surface area contributed by atoms with Crippen LogP contribution in [-0.2, 0) is 11.3 Å². The summed E-state index contributed by atoms with van der Waals surface area (Å²) in [7, 11) is 0. The highest BCUT2D eigenvalue weighted by atomic mass is 16.5. The molecule has 0 saturated heterocycles. The van der Waals surface area contributed by atoms with Crippen molar-refractivity contribution in [1.82, 2.24) is 9.78 Å². The molecule has 0 bridgehead atoms. The molecule has 2 heterocycles. The van der Waals surface area contributed by atoms with Crippen molar-refractivity contribution in [1.29, 1.82) is 0 Å². The summed E-state index contributed by atoms with van der Waals surface area (Å²) in [6, 6.07) is 8.33. The largest absolute Gasteiger partial charge is 0.480 e. The van der Waals surface area contributed by atoms with Gasteiger partial charge in [-0.05, 0) is 25.0 Å². The average Bonchev–Trinajstić information content (AvgIpc) is 2.94. The monoisotopic (exact) mass is 313 g/mol. The Morgan fingerprint density at radius 2 is 2.00 bits per heavy atom. The number of carboxylic acids is 1. The van der Waals surface area contributed by atoms with Gasteiger partial charge >= 0.3 is 5.97 Å². The number of carbonyl (C=O) groups is 1. The maximum atomic E-state index is 11.0. The zero-order chi connectivity index (χ0) is 15.8. The standard InChI is InChI=1S/C17H19N3O3/c21-16(22)11-19-10-15-17(18-19)20(12-6-2-1-3-7-12)13-8-4-5-9-14(13)23-15/h4-5,8-10,12H,1-3,6-7,11H2,(H,21,22). The molecule has 0 radical (unpaired) electrons. The van der Waals surface area contributed by atoms with Gasteiger partial charge in [0, 0.05) is 6.04 Å². The molecule has 2 aliphatic rings. The maximum absolute atomic E-state index is 11.0. The molecule has 1 N–H and O–H groups in total. The van der Waals surface area contributed by atoms with Crippen molar-refractivity contribution in [2.45, 2.75) is 44.7 Å². The van der Waals surface area contributed by atoms with E-state index in [1.54, 1.807) is 6.20 Å². The van der Waals surface area contributed by atoms with Crippen LogP contribution in [0.25, 0.3) is 0 Å². The first-order chi connectivity index (χ1) is 11.2. The highest BCUT2D eigenvalue weighted by Crippen LogP contribution is 2.48. The van der Waals surface area contributed by atoms with Gasteiger partial charge < -0.3 is 14.7 Å². The lowest BCUT2D eigenvalue weighted by molar-refractivity contribution is -0.137. The number of fused-ring (bicyclic) bond motifs is 2. The lowest BCUT2D eigenvalue weighted by Gasteiger charge is -2.37. The molecule has 1 fully saturated rings. The van der Waals surface area contributed by atoms with E-state index in [9.17, 15) is 4.79 Å². The molecular formula is C17H19N3O3. The SMILES string of the molecule is O=C(O)Cn1cc2c(n1)N(C1CCCCC1)c1ccccc1O2. The van der Waals surface area contributed by atoms with E-state index in [0.29, 0.717) is 11.8 Å². The molecule has 1 aromatic heterocycles. The van der Waals surface area contributed by atoms with Gasteiger partial charge in [-0.2, -0.15) is 5.10 Å². The fourth-order valence-corrected chi connectivity index (χ4v) is 3.54. The zero-order valence-corrected chi connectivity index (χ0v) is 12.8. The van der Waals surface area contributed by atoms with Crippen molar-refractivity contribution in [3.05, 3.63) is 30.5 Å². The second-order valence-electron chi connectivity index (χ2n) is 6.14. The number of hydrogen-bond acceptors (Lipinski definition) is 4. The Hall–Kier alpha value is -2.50. The summed E-state index contributed by atoms with van der Waals surface area (Å²) in [5.41, 5.74) is 1.02. The lowest BCUT2D eigenvalue weighted by atomic mass is 9.93. The van der Waals surface area contributed by atoms with Crippen molar-refractivity contribution in [3.8, 4) is 11.5 Å². The van der Waals surface area contributed by atoms with E-state index in [1.807, 2.05) is 24.3 Å². The summed E-state index contributed by atoms with van der Waals surface area (Å²) in [6.07, 6.45) is 7.64. The normalized spacial score (nSPS) is 17.3. The third-order valence-corrected chi connectivity index (χ3v) is 4.52. The number of hydrogen-bond donors (Lipinski definition) is 1. The number of aliphatic carboxylic acids is 1. The molecule has 1 aromatic carbocycles. The van der Waals surface area contributed by atoms with Gasteiger partial charge in [-0.15, -0.1) is 0 Å². The number of anilines is 2. The van der Waals surface area contributed by atoms with Gasteiger partial charge in [0.05, 0.1) is 11.9 Å². The Kier molecular flexibility index (Phi) is 3.44. The van der Waals surface area contributed by atoms with Crippen molar-refractivity contribution < 1.29 is 14.6 Å². The van der Waals surface area contributed by atoms with E-state index in [1.165, 1.54) is 23.9 Å². The molecule has 6 heteroatoms. The Labute approximate surface area is 134 Å². The minimum Gasteiger partial charge on any atom is -0.480 e. The van der Waals surface area contributed by atoms with Gasteiger partial charge in [0.2, 0.25) is 0 Å². The average molecular weight is 313 g/mol. The molecule has 0 amide bonds. The molecule has 1 aliphatic carbocycles. The van der Waals surface area contributed by atoms with Gasteiger partial charge in [-0.3, -0.25) is 9.48 Å². The summed E-state index contributed by atoms with van der Waals surface area (Å²) in [4.78, 5) is 13.2. The summed E-state index contributed by atoms with van der Waals surface area (Å²) in [5, 5.41) is 13.5. The summed E-state index contributed by atoms with van der Waals surface area (Å²) in [6.45, 7) is -0.161. The molecular weight excluding hydrogens is 294 g/mol. The Balaban J connectivity index is 1.77. The first kappa shape index (κ1) is 14.1. The first-order valence-corrected chi connectivity index (χ1v) is 8.08. The lowest BCUT2D eigenvalue weighted by Crippen LogP contribution is -2.35. The van der Waals surface area contributed by atoms with Gasteiger partial charge in [0.1, 0.15) is 6.54 Å². The summed E-state index contributed by atoms with van der Waals surface area (Å²) in [5.74, 6) is 1.26. The number of benzene rings is 1. The van der Waals surface area contributed by atoms with Crippen LogP contribution in [0.15, 0.2) is 30.5 Å². The third kappa shape index (κ3) is 2.54. The topological polar surface area (TPSA) is 67.6 Å². The molecule has 0 atom stereocenters. The second kappa shape index (κ2) is 5.61. The van der Waals surface area contributed by atoms with Gasteiger partial charge in [-0.25, -0.2) is 0 Å². The van der Waals surface area contributed by atoms with Gasteiger partial charge in [0.25, 0.3) is 0 Å². The van der Waals surface area contributed by atoms with Crippen molar-refractivity contribution in [3.63, 3.8) is 0 Å². The Bertz CT molecular complexity index is 734. The second-order valence-corrected chi connectivity index (χ2v) is 6.14. The highest BCUT2D eigenvalue weighted by Gasteiger charge is 2.33. The number of aromatic nitrogens is 2. The molecule has 0 spiro atoms. The number of para-hydroxylation sites is 2. The van der Waals surface area contributed by atoms with Gasteiger partial charge in [-0.1, -0.05) is 31.4 Å². The summed E-state index contributed by atoms with van der Waals surface area (Å²) < 4.78 is 7.38. The molecule has 1 saturated carbocycles. The van der Waals surface area contributed by atoms with Crippen LogP contribution in [-0.4, -0.2) is 26.9 Å². The molecule has 4 rings (SSSR count). The van der Waals surface area contributed by atoms with Crippen molar-refractivity contribution in [2.75, 3.05) is 4.90 Å². The summed E-state index contributed by atoms with van der Waals surface area (Å²) >= 11 is 0. The van der Waals surface area contributed by atoms with E-state index < -0.39 is 5.97 Å². The fraction of sp³-hybridized carbons (Fsp3) is 0.412. The Morgan fingerprint density at radius 3 is 2.78 bits per heavy atom. The minimum atomic E-state index is -0.911. The predicted molar refractivity (Wildman–Crippen MR) is 85.4 cm³/mol. The van der Waals surface area contributed by atoms with Crippen molar-refractivity contribution in [2.24, 2.45) is 0 Å². The zero-order valence-electron chi connectivity index (χ0n) is 12.8. The first-order valence-electron chi connectivity index (χ1n) is 8.08. The number of rotatable bonds is 3. The van der Waals surface area contributed by atoms with Gasteiger partial charge in [0.15, 0.2) is 17.3 Å². The minimum absolute atomic E-state index is 0.161. The van der Waals surface area contributed by atoms with E-state index in [-0.39, 0.29) is 6.54 Å². The molecule has 0 unspecified atom stereocenters. The maximum Gasteiger partial charge on any atom is 0.325 e.